The van der Waals surface area contributed by atoms with Crippen LogP contribution in [-0.4, -0.2) is 41.6 Å². The predicted molar refractivity (Wildman–Crippen MR) is 71.5 cm³/mol. The lowest BCUT2D eigenvalue weighted by molar-refractivity contribution is -0.140. The summed E-state index contributed by atoms with van der Waals surface area (Å²) in [6.07, 6.45) is 1.62. The van der Waals surface area contributed by atoms with Gasteiger partial charge in [0.05, 0.1) is 0 Å². The first kappa shape index (κ1) is 16.7. The lowest BCUT2D eigenvalue weighted by atomic mass is 9.99. The molecule has 0 radical (unpaired) electrons. The zero-order valence-corrected chi connectivity index (χ0v) is 12.1. The van der Waals surface area contributed by atoms with Crippen LogP contribution in [0.3, 0.4) is 0 Å². The molecule has 5 nitrogen and oxygen atoms in total. The summed E-state index contributed by atoms with van der Waals surface area (Å²) >= 11 is 0. The van der Waals surface area contributed by atoms with Crippen LogP contribution in [0.2, 0.25) is 0 Å². The standard InChI is InChI=1S/C13H26N2O3/c1-6-10(4)11(12(16)17)14-13(18)15(5)8-7-9(2)3/h9-11H,6-8H2,1-5H3,(H,14,18)(H,16,17)/t10?,11-/m0/s1. The minimum Gasteiger partial charge on any atom is -0.480 e. The molecule has 0 saturated heterocycles. The SMILES string of the molecule is CCC(C)[C@H](NC(=O)N(C)CCC(C)C)C(=O)O. The molecule has 0 rings (SSSR count). The van der Waals surface area contributed by atoms with Crippen LogP contribution < -0.4 is 5.32 Å². The minimum atomic E-state index is -0.977. The topological polar surface area (TPSA) is 69.6 Å². The predicted octanol–water partition coefficient (Wildman–Crippen LogP) is 2.17. The highest BCUT2D eigenvalue weighted by Gasteiger charge is 2.26. The molecule has 0 bridgehead atoms. The highest BCUT2D eigenvalue weighted by molar-refractivity contribution is 5.82. The second-order valence-corrected chi connectivity index (χ2v) is 5.26. The average molecular weight is 258 g/mol. The summed E-state index contributed by atoms with van der Waals surface area (Å²) in [5, 5.41) is 11.7. The molecule has 2 atom stereocenters. The molecule has 0 aromatic heterocycles. The van der Waals surface area contributed by atoms with Crippen molar-refractivity contribution in [2.45, 2.75) is 46.6 Å². The van der Waals surface area contributed by atoms with Gasteiger partial charge in [-0.1, -0.05) is 34.1 Å². The molecule has 0 aliphatic heterocycles. The number of rotatable bonds is 7. The van der Waals surface area contributed by atoms with Gasteiger partial charge in [-0.3, -0.25) is 0 Å². The first-order valence-corrected chi connectivity index (χ1v) is 6.54. The Bertz CT molecular complexity index is 279. The number of hydrogen-bond acceptors (Lipinski definition) is 2. The van der Waals surface area contributed by atoms with Crippen molar-refractivity contribution in [3.8, 4) is 0 Å². The number of nitrogens with one attached hydrogen (secondary N) is 1. The Labute approximate surface area is 110 Å². The Balaban J connectivity index is 4.37. The Morgan fingerprint density at radius 2 is 1.83 bits per heavy atom. The van der Waals surface area contributed by atoms with Crippen molar-refractivity contribution in [1.29, 1.82) is 0 Å². The number of amides is 2. The maximum atomic E-state index is 11.8. The van der Waals surface area contributed by atoms with E-state index in [0.717, 1.165) is 6.42 Å². The van der Waals surface area contributed by atoms with Crippen LogP contribution in [0.1, 0.15) is 40.5 Å². The van der Waals surface area contributed by atoms with Crippen LogP contribution in [0.15, 0.2) is 0 Å². The van der Waals surface area contributed by atoms with Gasteiger partial charge >= 0.3 is 12.0 Å². The molecule has 2 amide bonds. The molecule has 5 heteroatoms. The van der Waals surface area contributed by atoms with E-state index in [1.165, 1.54) is 0 Å². The molecule has 0 spiro atoms. The van der Waals surface area contributed by atoms with Crippen LogP contribution >= 0.6 is 0 Å². The van der Waals surface area contributed by atoms with Gasteiger partial charge in [-0.15, -0.1) is 0 Å². The van der Waals surface area contributed by atoms with Gasteiger partial charge in [0.15, 0.2) is 0 Å². The van der Waals surface area contributed by atoms with E-state index in [9.17, 15) is 9.59 Å². The van der Waals surface area contributed by atoms with E-state index in [1.54, 1.807) is 11.9 Å². The average Bonchev–Trinajstić information content (AvgIpc) is 2.30. The van der Waals surface area contributed by atoms with Crippen LogP contribution in [0, 0.1) is 11.8 Å². The Morgan fingerprint density at radius 3 is 2.22 bits per heavy atom. The third-order valence-electron chi connectivity index (χ3n) is 3.15. The third-order valence-corrected chi connectivity index (χ3v) is 3.15. The maximum absolute atomic E-state index is 11.8. The molecule has 2 N–H and O–H groups in total. The normalized spacial score (nSPS) is 14.1. The van der Waals surface area contributed by atoms with E-state index >= 15 is 0 Å². The van der Waals surface area contributed by atoms with Crippen molar-refractivity contribution >= 4 is 12.0 Å². The summed E-state index contributed by atoms with van der Waals surface area (Å²) in [6.45, 7) is 8.55. The largest absolute Gasteiger partial charge is 0.480 e. The van der Waals surface area contributed by atoms with Crippen molar-refractivity contribution in [3.05, 3.63) is 0 Å². The molecule has 0 aliphatic carbocycles. The summed E-state index contributed by atoms with van der Waals surface area (Å²) in [5.41, 5.74) is 0. The van der Waals surface area contributed by atoms with Gasteiger partial charge in [0.2, 0.25) is 0 Å². The monoisotopic (exact) mass is 258 g/mol. The number of carbonyl (C=O) groups excluding carboxylic acids is 1. The van der Waals surface area contributed by atoms with E-state index in [0.29, 0.717) is 18.9 Å². The van der Waals surface area contributed by atoms with Crippen LogP contribution in [-0.2, 0) is 4.79 Å². The Hall–Kier alpha value is -1.26. The quantitative estimate of drug-likeness (QED) is 0.735. The lowest BCUT2D eigenvalue weighted by Gasteiger charge is -2.24. The van der Waals surface area contributed by atoms with Gasteiger partial charge in [-0.2, -0.15) is 0 Å². The Morgan fingerprint density at radius 1 is 1.28 bits per heavy atom. The summed E-state index contributed by atoms with van der Waals surface area (Å²) < 4.78 is 0. The molecule has 106 valence electrons. The molecule has 0 fully saturated rings. The second kappa shape index (κ2) is 7.95. The first-order valence-electron chi connectivity index (χ1n) is 6.54. The first-order chi connectivity index (χ1) is 8.29. The van der Waals surface area contributed by atoms with Crippen LogP contribution in [0.5, 0.6) is 0 Å². The number of aliphatic carboxylic acids is 1. The van der Waals surface area contributed by atoms with Gasteiger partial charge in [-0.05, 0) is 18.3 Å². The molecule has 18 heavy (non-hydrogen) atoms. The molecule has 0 aliphatic rings. The van der Waals surface area contributed by atoms with E-state index in [1.807, 2.05) is 13.8 Å². The fraction of sp³-hybridized carbons (Fsp3) is 0.846. The third kappa shape index (κ3) is 5.89. The second-order valence-electron chi connectivity index (χ2n) is 5.26. The number of carboxylic acid groups (broad SMARTS) is 1. The Kier molecular flexibility index (Phi) is 7.39. The lowest BCUT2D eigenvalue weighted by Crippen LogP contribution is -2.49. The van der Waals surface area contributed by atoms with Crippen molar-refractivity contribution in [1.82, 2.24) is 10.2 Å². The van der Waals surface area contributed by atoms with Crippen molar-refractivity contribution < 1.29 is 14.7 Å². The number of nitrogens with zero attached hydrogens (tertiary/aromatic N) is 1. The number of carboxylic acids is 1. The zero-order chi connectivity index (χ0) is 14.3. The molecule has 0 aromatic carbocycles. The van der Waals surface area contributed by atoms with E-state index < -0.39 is 12.0 Å². The summed E-state index contributed by atoms with van der Waals surface area (Å²) in [7, 11) is 1.69. The van der Waals surface area contributed by atoms with Gasteiger partial charge in [-0.25, -0.2) is 9.59 Å². The fourth-order valence-corrected chi connectivity index (χ4v) is 1.48. The van der Waals surface area contributed by atoms with E-state index in [-0.39, 0.29) is 11.9 Å². The summed E-state index contributed by atoms with van der Waals surface area (Å²) in [4.78, 5) is 24.5. The molecular weight excluding hydrogens is 232 g/mol. The minimum absolute atomic E-state index is 0.0788. The molecule has 0 heterocycles. The smallest absolute Gasteiger partial charge is 0.326 e. The highest BCUT2D eigenvalue weighted by atomic mass is 16.4. The number of hydrogen-bond donors (Lipinski definition) is 2. The molecule has 0 saturated carbocycles. The van der Waals surface area contributed by atoms with Crippen LogP contribution in [0.4, 0.5) is 4.79 Å². The molecule has 1 unspecified atom stereocenters. The molecule has 0 aromatic rings. The van der Waals surface area contributed by atoms with Crippen molar-refractivity contribution in [2.75, 3.05) is 13.6 Å². The number of carbonyl (C=O) groups is 2. The molecular formula is C13H26N2O3. The van der Waals surface area contributed by atoms with Crippen molar-refractivity contribution in [2.24, 2.45) is 11.8 Å². The number of urea groups is 1. The van der Waals surface area contributed by atoms with Gasteiger partial charge in [0, 0.05) is 13.6 Å². The highest BCUT2D eigenvalue weighted by Crippen LogP contribution is 2.09. The van der Waals surface area contributed by atoms with Crippen LogP contribution in [0.25, 0.3) is 0 Å². The fourth-order valence-electron chi connectivity index (χ4n) is 1.48. The maximum Gasteiger partial charge on any atom is 0.326 e. The summed E-state index contributed by atoms with van der Waals surface area (Å²) in [6, 6.07) is -1.13. The summed E-state index contributed by atoms with van der Waals surface area (Å²) in [5.74, 6) is -0.537. The van der Waals surface area contributed by atoms with Gasteiger partial charge in [0.1, 0.15) is 6.04 Å². The zero-order valence-electron chi connectivity index (χ0n) is 12.1. The van der Waals surface area contributed by atoms with E-state index in [4.69, 9.17) is 5.11 Å². The van der Waals surface area contributed by atoms with Crippen molar-refractivity contribution in [3.63, 3.8) is 0 Å². The van der Waals surface area contributed by atoms with Gasteiger partial charge < -0.3 is 15.3 Å². The van der Waals surface area contributed by atoms with Gasteiger partial charge in [0.25, 0.3) is 0 Å². The van der Waals surface area contributed by atoms with E-state index in [2.05, 4.69) is 19.2 Å².